The van der Waals surface area contributed by atoms with Crippen LogP contribution in [0.4, 0.5) is 0 Å². The summed E-state index contributed by atoms with van der Waals surface area (Å²) in [6, 6.07) is 5.13. The second kappa shape index (κ2) is 4.83. The van der Waals surface area contributed by atoms with Crippen LogP contribution in [0.1, 0.15) is 25.5 Å². The summed E-state index contributed by atoms with van der Waals surface area (Å²) in [5.41, 5.74) is 7.97. The van der Waals surface area contributed by atoms with Gasteiger partial charge in [0.25, 0.3) is 0 Å². The first-order valence-electron chi connectivity index (χ1n) is 4.36. The Bertz CT molecular complexity index is 354. The van der Waals surface area contributed by atoms with E-state index in [1.807, 2.05) is 19.9 Å². The molecule has 0 aliphatic carbocycles. The molecule has 1 unspecified atom stereocenters. The third-order valence-corrected chi connectivity index (χ3v) is 2.41. The summed E-state index contributed by atoms with van der Waals surface area (Å²) in [5, 5.41) is 1.31. The second-order valence-corrected chi connectivity index (χ2v) is 4.28. The lowest BCUT2D eigenvalue weighted by Crippen LogP contribution is -2.08. The minimum absolute atomic E-state index is 0.189. The Labute approximate surface area is 94.5 Å². The predicted molar refractivity (Wildman–Crippen MR) is 62.8 cm³/mol. The zero-order chi connectivity index (χ0) is 10.7. The topological polar surface area (TPSA) is 26.0 Å². The highest BCUT2D eigenvalue weighted by Crippen LogP contribution is 2.26. The van der Waals surface area contributed by atoms with Gasteiger partial charge in [0.05, 0.1) is 0 Å². The summed E-state index contributed by atoms with van der Waals surface area (Å²) in [7, 11) is 0. The molecule has 0 aliphatic heterocycles. The van der Waals surface area contributed by atoms with Gasteiger partial charge in [-0.25, -0.2) is 0 Å². The van der Waals surface area contributed by atoms with Gasteiger partial charge in [0.15, 0.2) is 0 Å². The Kier molecular flexibility index (Phi) is 3.99. The molecule has 14 heavy (non-hydrogen) atoms. The van der Waals surface area contributed by atoms with E-state index in [0.29, 0.717) is 10.0 Å². The van der Waals surface area contributed by atoms with Gasteiger partial charge in [0.1, 0.15) is 0 Å². The molecular weight excluding hydrogens is 217 g/mol. The van der Waals surface area contributed by atoms with Crippen LogP contribution in [0.5, 0.6) is 0 Å². The number of nitrogens with two attached hydrogens (primary N) is 1. The van der Waals surface area contributed by atoms with Gasteiger partial charge >= 0.3 is 0 Å². The molecule has 0 spiro atoms. The first-order chi connectivity index (χ1) is 6.50. The van der Waals surface area contributed by atoms with E-state index < -0.39 is 0 Å². The quantitative estimate of drug-likeness (QED) is 0.764. The van der Waals surface area contributed by atoms with Crippen molar-refractivity contribution in [2.75, 3.05) is 0 Å². The SMILES string of the molecule is CC(C)=CC(N)c1cc(Cl)ccc1Cl. The number of allylic oxidation sites excluding steroid dienone is 1. The van der Waals surface area contributed by atoms with Crippen LogP contribution >= 0.6 is 23.2 Å². The average Bonchev–Trinajstić information content (AvgIpc) is 2.08. The summed E-state index contributed by atoms with van der Waals surface area (Å²) in [5.74, 6) is 0. The van der Waals surface area contributed by atoms with E-state index in [2.05, 4.69) is 0 Å². The van der Waals surface area contributed by atoms with Crippen molar-refractivity contribution in [2.24, 2.45) is 5.73 Å². The lowest BCUT2D eigenvalue weighted by molar-refractivity contribution is 0.900. The molecule has 1 atom stereocenters. The molecule has 0 fully saturated rings. The number of rotatable bonds is 2. The number of halogens is 2. The zero-order valence-electron chi connectivity index (χ0n) is 8.22. The van der Waals surface area contributed by atoms with Crippen molar-refractivity contribution in [3.63, 3.8) is 0 Å². The van der Waals surface area contributed by atoms with E-state index in [9.17, 15) is 0 Å². The van der Waals surface area contributed by atoms with Gasteiger partial charge in [-0.05, 0) is 37.6 Å². The molecule has 0 bridgehead atoms. The van der Waals surface area contributed by atoms with Crippen LogP contribution in [0.2, 0.25) is 10.0 Å². The Morgan fingerprint density at radius 2 is 2.00 bits per heavy atom. The van der Waals surface area contributed by atoms with Crippen LogP contribution in [0, 0.1) is 0 Å². The lowest BCUT2D eigenvalue weighted by Gasteiger charge is -2.10. The summed E-state index contributed by atoms with van der Waals surface area (Å²) >= 11 is 11.9. The van der Waals surface area contributed by atoms with E-state index in [1.165, 1.54) is 0 Å². The number of hydrogen-bond acceptors (Lipinski definition) is 1. The van der Waals surface area contributed by atoms with Crippen LogP contribution in [-0.4, -0.2) is 0 Å². The van der Waals surface area contributed by atoms with Crippen molar-refractivity contribution in [3.8, 4) is 0 Å². The molecule has 0 radical (unpaired) electrons. The molecule has 0 heterocycles. The molecule has 0 aromatic heterocycles. The van der Waals surface area contributed by atoms with Crippen molar-refractivity contribution in [1.82, 2.24) is 0 Å². The van der Waals surface area contributed by atoms with Crippen LogP contribution in [0.25, 0.3) is 0 Å². The molecule has 0 saturated heterocycles. The highest BCUT2D eigenvalue weighted by molar-refractivity contribution is 6.33. The van der Waals surface area contributed by atoms with Crippen LogP contribution in [0.3, 0.4) is 0 Å². The van der Waals surface area contributed by atoms with Gasteiger partial charge in [-0.3, -0.25) is 0 Å². The van der Waals surface area contributed by atoms with Gasteiger partial charge in [0.2, 0.25) is 0 Å². The molecule has 2 N–H and O–H groups in total. The Balaban J connectivity index is 3.05. The molecule has 0 aliphatic rings. The number of benzene rings is 1. The summed E-state index contributed by atoms with van der Waals surface area (Å²) in [6.07, 6.45) is 1.96. The van der Waals surface area contributed by atoms with Gasteiger partial charge < -0.3 is 5.73 Å². The van der Waals surface area contributed by atoms with E-state index in [1.54, 1.807) is 18.2 Å². The third-order valence-electron chi connectivity index (χ3n) is 1.83. The lowest BCUT2D eigenvalue weighted by atomic mass is 10.1. The predicted octanol–water partition coefficient (Wildman–Crippen LogP) is 3.96. The molecule has 1 rings (SSSR count). The standard InChI is InChI=1S/C11H13Cl2N/c1-7(2)5-11(14)9-6-8(12)3-4-10(9)13/h3-6,11H,14H2,1-2H3. The summed E-state index contributed by atoms with van der Waals surface area (Å²) in [4.78, 5) is 0. The first kappa shape index (κ1) is 11.6. The third kappa shape index (κ3) is 3.02. The molecule has 1 aromatic carbocycles. The van der Waals surface area contributed by atoms with Crippen molar-refractivity contribution in [2.45, 2.75) is 19.9 Å². The molecule has 76 valence electrons. The highest BCUT2D eigenvalue weighted by atomic mass is 35.5. The van der Waals surface area contributed by atoms with E-state index >= 15 is 0 Å². The number of hydrogen-bond donors (Lipinski definition) is 1. The molecule has 0 amide bonds. The van der Waals surface area contributed by atoms with E-state index in [-0.39, 0.29) is 6.04 Å². The average molecular weight is 230 g/mol. The molecule has 1 nitrogen and oxygen atoms in total. The van der Waals surface area contributed by atoms with Crippen molar-refractivity contribution < 1.29 is 0 Å². The molecule has 1 aromatic rings. The van der Waals surface area contributed by atoms with E-state index in [0.717, 1.165) is 11.1 Å². The highest BCUT2D eigenvalue weighted by Gasteiger charge is 2.07. The van der Waals surface area contributed by atoms with Crippen molar-refractivity contribution in [3.05, 3.63) is 45.5 Å². The Hall–Kier alpha value is -0.500. The normalized spacial score (nSPS) is 12.4. The van der Waals surface area contributed by atoms with Crippen LogP contribution in [-0.2, 0) is 0 Å². The maximum Gasteiger partial charge on any atom is 0.0498 e. The fraction of sp³-hybridized carbons (Fsp3) is 0.273. The fourth-order valence-corrected chi connectivity index (χ4v) is 1.64. The molecular formula is C11H13Cl2N. The van der Waals surface area contributed by atoms with Crippen molar-refractivity contribution in [1.29, 1.82) is 0 Å². The smallest absolute Gasteiger partial charge is 0.0498 e. The minimum Gasteiger partial charge on any atom is -0.321 e. The molecule has 0 saturated carbocycles. The van der Waals surface area contributed by atoms with E-state index in [4.69, 9.17) is 28.9 Å². The first-order valence-corrected chi connectivity index (χ1v) is 5.12. The van der Waals surface area contributed by atoms with Gasteiger partial charge in [-0.2, -0.15) is 0 Å². The second-order valence-electron chi connectivity index (χ2n) is 3.44. The van der Waals surface area contributed by atoms with Gasteiger partial charge in [-0.1, -0.05) is 34.9 Å². The van der Waals surface area contributed by atoms with Gasteiger partial charge in [0, 0.05) is 16.1 Å². The maximum absolute atomic E-state index is 6.01. The Morgan fingerprint density at radius 1 is 1.36 bits per heavy atom. The molecule has 3 heteroatoms. The van der Waals surface area contributed by atoms with Crippen molar-refractivity contribution >= 4 is 23.2 Å². The minimum atomic E-state index is -0.189. The van der Waals surface area contributed by atoms with Gasteiger partial charge in [-0.15, -0.1) is 0 Å². The fourth-order valence-electron chi connectivity index (χ4n) is 1.22. The van der Waals surface area contributed by atoms with Crippen LogP contribution in [0.15, 0.2) is 29.8 Å². The maximum atomic E-state index is 6.01. The zero-order valence-corrected chi connectivity index (χ0v) is 9.73. The largest absolute Gasteiger partial charge is 0.321 e. The Morgan fingerprint density at radius 3 is 2.57 bits per heavy atom. The van der Waals surface area contributed by atoms with Crippen LogP contribution < -0.4 is 5.73 Å². The summed E-state index contributed by atoms with van der Waals surface area (Å²) in [6.45, 7) is 4.00. The monoisotopic (exact) mass is 229 g/mol. The summed E-state index contributed by atoms with van der Waals surface area (Å²) < 4.78 is 0.